The van der Waals surface area contributed by atoms with Gasteiger partial charge in [-0.05, 0) is 51.0 Å². The van der Waals surface area contributed by atoms with Crippen LogP contribution in [0.3, 0.4) is 0 Å². The van der Waals surface area contributed by atoms with E-state index in [1.165, 1.54) is 6.20 Å². The van der Waals surface area contributed by atoms with Crippen molar-refractivity contribution in [2.75, 3.05) is 19.9 Å². The van der Waals surface area contributed by atoms with Crippen LogP contribution < -0.4 is 11.1 Å². The number of nitrogens with two attached hydrogens (primary N) is 1. The third-order valence-electron chi connectivity index (χ3n) is 4.80. The zero-order valence-corrected chi connectivity index (χ0v) is 19.0. The molecular weight excluding hydrogens is 428 g/mol. The van der Waals surface area contributed by atoms with Crippen LogP contribution in [-0.2, 0) is 4.74 Å². The molecule has 176 valence electrons. The molecule has 0 aliphatic carbocycles. The van der Waals surface area contributed by atoms with E-state index in [-0.39, 0.29) is 23.9 Å². The molecular formula is C22H28N6O5. The average Bonchev–Trinajstić information content (AvgIpc) is 3.16. The average molecular weight is 457 g/mol. The number of ether oxygens (including phenoxy) is 1. The van der Waals surface area contributed by atoms with Gasteiger partial charge in [0.1, 0.15) is 0 Å². The molecule has 33 heavy (non-hydrogen) atoms. The highest BCUT2D eigenvalue weighted by Crippen LogP contribution is 2.24. The number of aryl methyl sites for hydroxylation is 1. The summed E-state index contributed by atoms with van der Waals surface area (Å²) in [6, 6.07) is 5.11. The summed E-state index contributed by atoms with van der Waals surface area (Å²) in [7, 11) is 0. The first-order valence-electron chi connectivity index (χ1n) is 10.3. The number of carbonyl (C=O) groups is 3. The lowest BCUT2D eigenvalue weighted by Gasteiger charge is -2.17. The van der Waals surface area contributed by atoms with Gasteiger partial charge in [-0.2, -0.15) is 0 Å². The van der Waals surface area contributed by atoms with Crippen LogP contribution in [0, 0.1) is 13.8 Å². The number of aromatic nitrogens is 1. The largest absolute Gasteiger partial charge is 0.422 e. The van der Waals surface area contributed by atoms with E-state index in [0.29, 0.717) is 29.1 Å². The summed E-state index contributed by atoms with van der Waals surface area (Å²) in [5.74, 6) is -0.649. The summed E-state index contributed by atoms with van der Waals surface area (Å²) in [6.45, 7) is 6.65. The fourth-order valence-corrected chi connectivity index (χ4v) is 3.05. The number of benzene rings is 1. The second-order valence-electron chi connectivity index (χ2n) is 6.87. The van der Waals surface area contributed by atoms with Crippen molar-refractivity contribution >= 4 is 35.8 Å². The zero-order chi connectivity index (χ0) is 24.5. The van der Waals surface area contributed by atoms with Crippen LogP contribution in [0.4, 0.5) is 10.5 Å². The molecule has 0 radical (unpaired) electrons. The van der Waals surface area contributed by atoms with Crippen molar-refractivity contribution in [1.82, 2.24) is 15.2 Å². The Hall–Kier alpha value is -3.99. The number of H-pyrrole nitrogens is 1. The van der Waals surface area contributed by atoms with Gasteiger partial charge in [-0.25, -0.2) is 19.7 Å². The molecule has 0 atom stereocenters. The quantitative estimate of drug-likeness (QED) is 0.283. The summed E-state index contributed by atoms with van der Waals surface area (Å²) in [5.41, 5.74) is 8.37. The Balaban J connectivity index is 2.50. The lowest BCUT2D eigenvalue weighted by atomic mass is 10.1. The fourth-order valence-electron chi connectivity index (χ4n) is 3.05. The van der Waals surface area contributed by atoms with Crippen LogP contribution in [0.1, 0.15) is 51.4 Å². The molecule has 2 rings (SSSR count). The number of nitrogens with one attached hydrogen (secondary N) is 2. The van der Waals surface area contributed by atoms with Crippen molar-refractivity contribution in [3.63, 3.8) is 0 Å². The van der Waals surface area contributed by atoms with Crippen LogP contribution in [0.2, 0.25) is 0 Å². The number of hydrogen-bond donors (Lipinski definition) is 4. The molecule has 0 unspecified atom stereocenters. The fraction of sp³-hybridized carbons (Fsp3) is 0.318. The normalized spacial score (nSPS) is 11.5. The Morgan fingerprint density at radius 2 is 2.00 bits per heavy atom. The summed E-state index contributed by atoms with van der Waals surface area (Å²) < 4.78 is 4.53. The number of amidine groups is 1. The molecule has 11 nitrogen and oxygen atoms in total. The van der Waals surface area contributed by atoms with Crippen LogP contribution in [-0.4, -0.2) is 65.0 Å². The minimum absolute atomic E-state index is 0.0470. The van der Waals surface area contributed by atoms with E-state index in [1.54, 1.807) is 32.0 Å². The lowest BCUT2D eigenvalue weighted by Crippen LogP contribution is -2.37. The zero-order valence-electron chi connectivity index (χ0n) is 19.0. The molecule has 2 aromatic rings. The summed E-state index contributed by atoms with van der Waals surface area (Å²) in [4.78, 5) is 49.6. The van der Waals surface area contributed by atoms with E-state index in [0.717, 1.165) is 16.8 Å². The van der Waals surface area contributed by atoms with Crippen molar-refractivity contribution in [2.24, 2.45) is 15.7 Å². The van der Waals surface area contributed by atoms with Crippen LogP contribution in [0.15, 0.2) is 34.4 Å². The Bertz CT molecular complexity index is 1090. The first-order valence-corrected chi connectivity index (χ1v) is 10.3. The Labute approximate surface area is 191 Å². The molecule has 5 N–H and O–H groups in total. The topological polar surface area (TPSA) is 162 Å². The van der Waals surface area contributed by atoms with Gasteiger partial charge in [0, 0.05) is 24.8 Å². The molecule has 0 saturated carbocycles. The van der Waals surface area contributed by atoms with Crippen molar-refractivity contribution in [3.8, 4) is 0 Å². The summed E-state index contributed by atoms with van der Waals surface area (Å²) in [5, 5.41) is 11.6. The third kappa shape index (κ3) is 5.83. The predicted octanol–water partition coefficient (Wildman–Crippen LogP) is 2.00. The molecule has 3 amide bonds. The number of aliphatic imine (C=N–C) groups is 2. The van der Waals surface area contributed by atoms with E-state index < -0.39 is 18.8 Å². The van der Waals surface area contributed by atoms with E-state index in [2.05, 4.69) is 25.0 Å². The van der Waals surface area contributed by atoms with Crippen molar-refractivity contribution in [3.05, 3.63) is 52.3 Å². The number of rotatable bonds is 7. The maximum atomic E-state index is 12.9. The molecule has 0 aliphatic heterocycles. The van der Waals surface area contributed by atoms with Crippen LogP contribution in [0.25, 0.3) is 0 Å². The van der Waals surface area contributed by atoms with Gasteiger partial charge in [0.05, 0.1) is 23.3 Å². The molecule has 11 heteroatoms. The van der Waals surface area contributed by atoms with Gasteiger partial charge in [0.15, 0.2) is 12.6 Å². The monoisotopic (exact) mass is 456 g/mol. The van der Waals surface area contributed by atoms with Gasteiger partial charge in [0.25, 0.3) is 11.8 Å². The van der Waals surface area contributed by atoms with Gasteiger partial charge in [0.2, 0.25) is 0 Å². The first kappa shape index (κ1) is 25.3. The van der Waals surface area contributed by atoms with Gasteiger partial charge < -0.3 is 25.9 Å². The smallest absolute Gasteiger partial charge is 0.418 e. The maximum absolute atomic E-state index is 12.9. The Morgan fingerprint density at radius 1 is 1.27 bits per heavy atom. The van der Waals surface area contributed by atoms with Gasteiger partial charge in [-0.1, -0.05) is 6.07 Å². The molecule has 1 heterocycles. The second-order valence-corrected chi connectivity index (χ2v) is 6.87. The summed E-state index contributed by atoms with van der Waals surface area (Å²) >= 11 is 0. The maximum Gasteiger partial charge on any atom is 0.418 e. The number of imide groups is 1. The third-order valence-corrected chi connectivity index (χ3v) is 4.80. The van der Waals surface area contributed by atoms with E-state index in [1.807, 2.05) is 13.8 Å². The van der Waals surface area contributed by atoms with Gasteiger partial charge >= 0.3 is 6.09 Å². The van der Waals surface area contributed by atoms with Crippen molar-refractivity contribution in [1.29, 1.82) is 0 Å². The number of aromatic amines is 1. The molecule has 1 aromatic carbocycles. The predicted molar refractivity (Wildman–Crippen MR) is 124 cm³/mol. The number of aliphatic hydroxyl groups is 1. The van der Waals surface area contributed by atoms with Crippen molar-refractivity contribution in [2.45, 2.75) is 27.7 Å². The number of nitrogens with zero attached hydrogens (tertiary/aromatic N) is 3. The SMILES string of the molecule is CCNC(=O)c1ccc(C)c(N=C(N=CN)c2[nH]cc(C(=O)N(CC)C(=O)OCO)c2C)c1. The molecule has 0 saturated heterocycles. The van der Waals surface area contributed by atoms with E-state index in [9.17, 15) is 14.4 Å². The number of amides is 3. The van der Waals surface area contributed by atoms with Crippen molar-refractivity contribution < 1.29 is 24.2 Å². The van der Waals surface area contributed by atoms with Gasteiger partial charge in [-0.15, -0.1) is 0 Å². The molecule has 0 spiro atoms. The van der Waals surface area contributed by atoms with Gasteiger partial charge in [-0.3, -0.25) is 9.59 Å². The minimum atomic E-state index is -0.959. The second kappa shape index (κ2) is 11.6. The molecule has 0 bridgehead atoms. The molecule has 1 aromatic heterocycles. The highest BCUT2D eigenvalue weighted by Gasteiger charge is 2.26. The Morgan fingerprint density at radius 3 is 2.61 bits per heavy atom. The standard InChI is InChI=1S/C22H28N6O5/c1-5-24-20(30)15-8-7-13(3)17(9-15)27-19(26-11-23)18-14(4)16(10-25-18)21(31)28(6-2)22(32)33-12-29/h7-11,25,29H,5-6,12H2,1-4H3,(H,24,30)(H2,23,26,27). The summed E-state index contributed by atoms with van der Waals surface area (Å²) in [6.07, 6.45) is 1.54. The Kier molecular flexibility index (Phi) is 8.87. The van der Waals surface area contributed by atoms with Crippen LogP contribution >= 0.6 is 0 Å². The highest BCUT2D eigenvalue weighted by atomic mass is 16.6. The first-order chi connectivity index (χ1) is 15.8. The number of carbonyl (C=O) groups excluding carboxylic acids is 3. The van der Waals surface area contributed by atoms with Crippen LogP contribution in [0.5, 0.6) is 0 Å². The minimum Gasteiger partial charge on any atom is -0.422 e. The molecule has 0 aliphatic rings. The van der Waals surface area contributed by atoms with E-state index in [4.69, 9.17) is 10.8 Å². The highest BCUT2D eigenvalue weighted by molar-refractivity contribution is 6.09. The number of hydrogen-bond acceptors (Lipinski definition) is 6. The number of aliphatic hydroxyl groups excluding tert-OH is 1. The van der Waals surface area contributed by atoms with E-state index >= 15 is 0 Å². The lowest BCUT2D eigenvalue weighted by molar-refractivity contribution is 0.0225. The molecule has 0 fully saturated rings.